The van der Waals surface area contributed by atoms with E-state index < -0.39 is 24.2 Å². The molecular weight excluding hydrogens is 609 g/mol. The van der Waals surface area contributed by atoms with Gasteiger partial charge < -0.3 is 19.7 Å². The fourth-order valence-corrected chi connectivity index (χ4v) is 5.25. The molecule has 10 heteroatoms. The number of carboxylic acids is 1. The summed E-state index contributed by atoms with van der Waals surface area (Å²) in [6.45, 7) is 5.89. The first kappa shape index (κ1) is 28.0. The summed E-state index contributed by atoms with van der Waals surface area (Å²) in [5.41, 5.74) is 2.92. The highest BCUT2D eigenvalue weighted by Gasteiger charge is 2.31. The number of aliphatic hydroxyl groups is 1. The smallest absolute Gasteiger partial charge is 0.481 e. The minimum absolute atomic E-state index is 0.131. The summed E-state index contributed by atoms with van der Waals surface area (Å²) >= 11 is 6.84. The van der Waals surface area contributed by atoms with Crippen LogP contribution in [0.2, 0.25) is 0 Å². The fraction of sp³-hybridized carbons (Fsp3) is 0.269. The van der Waals surface area contributed by atoms with Gasteiger partial charge in [-0.15, -0.1) is 13.2 Å². The Kier molecular flexibility index (Phi) is 8.74. The van der Waals surface area contributed by atoms with E-state index in [4.69, 9.17) is 9.84 Å². The summed E-state index contributed by atoms with van der Waals surface area (Å²) in [5.74, 6) is -0.648. The molecule has 0 spiro atoms. The second kappa shape index (κ2) is 11.2. The number of rotatable bonds is 8. The van der Waals surface area contributed by atoms with Crippen LogP contribution < -0.4 is 9.47 Å². The van der Waals surface area contributed by atoms with Gasteiger partial charge in [0.2, 0.25) is 0 Å². The fourth-order valence-electron chi connectivity index (χ4n) is 3.81. The number of aryl methyl sites for hydroxylation is 1. The molecule has 0 heterocycles. The lowest BCUT2D eigenvalue weighted by atomic mass is 9.92. The van der Waals surface area contributed by atoms with Crippen LogP contribution in [0.4, 0.5) is 13.2 Å². The monoisotopic (exact) mass is 630 g/mol. The van der Waals surface area contributed by atoms with Crippen molar-refractivity contribution in [1.82, 2.24) is 0 Å². The van der Waals surface area contributed by atoms with Crippen LogP contribution in [0.1, 0.15) is 53.7 Å². The van der Waals surface area contributed by atoms with Crippen molar-refractivity contribution in [2.24, 2.45) is 0 Å². The number of carboxylic acid groups (broad SMARTS) is 1. The molecule has 0 aliphatic rings. The number of hydrogen-bond donors (Lipinski definition) is 2. The van der Waals surface area contributed by atoms with E-state index in [1.165, 1.54) is 12.1 Å². The topological polar surface area (TPSA) is 76.0 Å². The van der Waals surface area contributed by atoms with Crippen molar-refractivity contribution in [3.8, 4) is 17.2 Å². The van der Waals surface area contributed by atoms with E-state index >= 15 is 0 Å². The molecule has 2 N–H and O–H groups in total. The highest BCUT2D eigenvalue weighted by atomic mass is 79.9. The minimum atomic E-state index is -4.86. The predicted molar refractivity (Wildman–Crippen MR) is 136 cm³/mol. The van der Waals surface area contributed by atoms with Crippen molar-refractivity contribution in [1.29, 1.82) is 0 Å². The zero-order valence-corrected chi connectivity index (χ0v) is 22.7. The van der Waals surface area contributed by atoms with E-state index in [9.17, 15) is 23.1 Å². The lowest BCUT2D eigenvalue weighted by molar-refractivity contribution is -0.274. The summed E-state index contributed by atoms with van der Waals surface area (Å²) in [6, 6.07) is 11.9. The van der Waals surface area contributed by atoms with Crippen LogP contribution in [0.25, 0.3) is 0 Å². The number of carbonyl (C=O) groups is 1. The second-order valence-corrected chi connectivity index (χ2v) is 10.2. The van der Waals surface area contributed by atoms with Gasteiger partial charge in [0, 0.05) is 5.56 Å². The van der Waals surface area contributed by atoms with Crippen LogP contribution in [0.15, 0.2) is 57.5 Å². The zero-order chi connectivity index (χ0) is 26.8. The quantitative estimate of drug-likeness (QED) is 0.263. The molecule has 3 aromatic carbocycles. The van der Waals surface area contributed by atoms with E-state index in [-0.39, 0.29) is 17.9 Å². The molecule has 0 fully saturated rings. The van der Waals surface area contributed by atoms with E-state index in [0.29, 0.717) is 31.6 Å². The van der Waals surface area contributed by atoms with Gasteiger partial charge in [0.1, 0.15) is 17.6 Å². The normalized spacial score (nSPS) is 12.5. The Labute approximate surface area is 223 Å². The maximum absolute atomic E-state index is 12.7. The predicted octanol–water partition coefficient (Wildman–Crippen LogP) is 8.04. The maximum Gasteiger partial charge on any atom is 0.573 e. The highest BCUT2D eigenvalue weighted by molar-refractivity contribution is 9.11. The Bertz CT molecular complexity index is 1250. The van der Waals surface area contributed by atoms with Crippen molar-refractivity contribution in [2.75, 3.05) is 0 Å². The number of benzene rings is 3. The lowest BCUT2D eigenvalue weighted by Gasteiger charge is -2.22. The minimum Gasteiger partial charge on any atom is -0.481 e. The van der Waals surface area contributed by atoms with E-state index in [0.717, 1.165) is 23.3 Å². The first-order valence-corrected chi connectivity index (χ1v) is 12.4. The van der Waals surface area contributed by atoms with Crippen LogP contribution in [-0.4, -0.2) is 22.5 Å². The van der Waals surface area contributed by atoms with Crippen LogP contribution >= 0.6 is 31.9 Å². The average molecular weight is 632 g/mol. The van der Waals surface area contributed by atoms with E-state index in [1.54, 1.807) is 24.3 Å². The molecule has 3 rings (SSSR count). The highest BCUT2D eigenvalue weighted by Crippen LogP contribution is 2.43. The van der Waals surface area contributed by atoms with Crippen molar-refractivity contribution < 1.29 is 37.7 Å². The molecule has 0 saturated heterocycles. The standard InChI is InChI=1S/C26H23Br2F3O5/c1-13(2)18-12-22(35-25-20(27)8-15(9-21(25)28)10-23(32)33)19(7-14(18)3)24(34)16-5-4-6-17(11-16)36-26(29,30)31/h4-9,11-13,24,34H,10H2,1-3H3,(H,32,33). The molecule has 1 unspecified atom stereocenters. The van der Waals surface area contributed by atoms with Gasteiger partial charge in [-0.25, -0.2) is 0 Å². The molecule has 0 saturated carbocycles. The molecule has 0 aliphatic heterocycles. The van der Waals surface area contributed by atoms with Gasteiger partial charge in [-0.1, -0.05) is 26.0 Å². The molecule has 0 aromatic heterocycles. The van der Waals surface area contributed by atoms with Gasteiger partial charge in [0.05, 0.1) is 15.4 Å². The Balaban J connectivity index is 2.08. The van der Waals surface area contributed by atoms with E-state index in [1.807, 2.05) is 20.8 Å². The molecular formula is C26H23Br2F3O5. The Morgan fingerprint density at radius 2 is 1.67 bits per heavy atom. The maximum atomic E-state index is 12.7. The van der Waals surface area contributed by atoms with Crippen molar-refractivity contribution in [3.63, 3.8) is 0 Å². The first-order valence-electron chi connectivity index (χ1n) is 10.8. The molecule has 5 nitrogen and oxygen atoms in total. The number of aliphatic hydroxyl groups excluding tert-OH is 1. The Hall–Kier alpha value is -2.56. The van der Waals surface area contributed by atoms with Gasteiger partial charge in [0.15, 0.2) is 5.75 Å². The number of ether oxygens (including phenoxy) is 2. The molecule has 0 bridgehead atoms. The molecule has 3 aromatic rings. The number of hydrogen-bond acceptors (Lipinski definition) is 4. The largest absolute Gasteiger partial charge is 0.573 e. The molecule has 192 valence electrons. The zero-order valence-electron chi connectivity index (χ0n) is 19.5. The third-order valence-electron chi connectivity index (χ3n) is 5.35. The number of halogens is 5. The summed E-state index contributed by atoms with van der Waals surface area (Å²) < 4.78 is 49.3. The van der Waals surface area contributed by atoms with Crippen molar-refractivity contribution in [3.05, 3.63) is 85.3 Å². The van der Waals surface area contributed by atoms with Gasteiger partial charge in [-0.2, -0.15) is 0 Å². The molecule has 0 radical (unpaired) electrons. The first-order chi connectivity index (χ1) is 16.7. The molecule has 0 aliphatic carbocycles. The van der Waals surface area contributed by atoms with Crippen LogP contribution in [-0.2, 0) is 11.2 Å². The van der Waals surface area contributed by atoms with Gasteiger partial charge in [-0.3, -0.25) is 4.79 Å². The third-order valence-corrected chi connectivity index (χ3v) is 6.53. The lowest BCUT2D eigenvalue weighted by Crippen LogP contribution is -2.17. The third kappa shape index (κ3) is 7.02. The van der Waals surface area contributed by atoms with Crippen molar-refractivity contribution >= 4 is 37.8 Å². The second-order valence-electron chi connectivity index (χ2n) is 8.49. The summed E-state index contributed by atoms with van der Waals surface area (Å²) in [6.07, 6.45) is -6.36. The van der Waals surface area contributed by atoms with Crippen molar-refractivity contribution in [2.45, 2.75) is 45.6 Å². The van der Waals surface area contributed by atoms with Gasteiger partial charge in [0.25, 0.3) is 0 Å². The average Bonchev–Trinajstić information content (AvgIpc) is 2.74. The summed E-state index contributed by atoms with van der Waals surface area (Å²) in [5, 5.41) is 20.3. The van der Waals surface area contributed by atoms with Crippen LogP contribution in [0, 0.1) is 6.92 Å². The number of alkyl halides is 3. The molecule has 36 heavy (non-hydrogen) atoms. The Morgan fingerprint density at radius 3 is 2.22 bits per heavy atom. The number of aliphatic carboxylic acids is 1. The SMILES string of the molecule is Cc1cc(C(O)c2cccc(OC(F)(F)F)c2)c(Oc2c(Br)cc(CC(=O)O)cc2Br)cc1C(C)C. The van der Waals surface area contributed by atoms with Crippen LogP contribution in [0.3, 0.4) is 0 Å². The van der Waals surface area contributed by atoms with Gasteiger partial charge >= 0.3 is 12.3 Å². The van der Waals surface area contributed by atoms with Crippen LogP contribution in [0.5, 0.6) is 17.2 Å². The van der Waals surface area contributed by atoms with Gasteiger partial charge in [-0.05, 0) is 103 Å². The van der Waals surface area contributed by atoms with E-state index in [2.05, 4.69) is 36.6 Å². The Morgan fingerprint density at radius 1 is 1.03 bits per heavy atom. The molecule has 0 amide bonds. The summed E-state index contributed by atoms with van der Waals surface area (Å²) in [7, 11) is 0. The molecule has 1 atom stereocenters. The summed E-state index contributed by atoms with van der Waals surface area (Å²) in [4.78, 5) is 11.1.